The summed E-state index contributed by atoms with van der Waals surface area (Å²) < 4.78 is 20.8. The molecule has 0 heterocycles. The molecule has 1 aliphatic rings. The molecule has 1 rings (SSSR count). The Morgan fingerprint density at radius 3 is 1.86 bits per heavy atom. The summed E-state index contributed by atoms with van der Waals surface area (Å²) in [6.07, 6.45) is 3.07. The van der Waals surface area contributed by atoms with Crippen LogP contribution in [0.2, 0.25) is 0 Å². The van der Waals surface area contributed by atoms with E-state index in [1.165, 1.54) is 6.26 Å². The van der Waals surface area contributed by atoms with Crippen LogP contribution in [-0.2, 0) is 9.84 Å². The van der Waals surface area contributed by atoms with Crippen molar-refractivity contribution in [3.8, 4) is 0 Å². The smallest absolute Gasteiger partial charge is 0.150 e. The number of hydrogen-bond acceptors (Lipinski definition) is 2. The van der Waals surface area contributed by atoms with Crippen molar-refractivity contribution >= 4 is 9.84 Å². The third-order valence-corrected chi connectivity index (χ3v) is 2.81. The van der Waals surface area contributed by atoms with Crippen LogP contribution in [0.4, 0.5) is 0 Å². The van der Waals surface area contributed by atoms with Gasteiger partial charge in [-0.3, -0.25) is 0 Å². The highest BCUT2D eigenvalue weighted by atomic mass is 32.2. The average Bonchev–Trinajstić information content (AvgIpc) is 1.99. The van der Waals surface area contributed by atoms with Gasteiger partial charge < -0.3 is 0 Å². The third kappa shape index (κ3) is 1.16. The Morgan fingerprint density at radius 2 is 1.86 bits per heavy atom. The van der Waals surface area contributed by atoms with Crippen molar-refractivity contribution in [3.05, 3.63) is 0 Å². The molecule has 0 saturated heterocycles. The van der Waals surface area contributed by atoms with E-state index >= 15 is 0 Å². The van der Waals surface area contributed by atoms with Crippen LogP contribution >= 0.6 is 0 Å². The highest BCUT2D eigenvalue weighted by molar-refractivity contribution is 7.91. The Hall–Kier alpha value is -0.0500. The van der Waals surface area contributed by atoms with Gasteiger partial charge in [-0.05, 0) is 12.8 Å². The minimum absolute atomic E-state index is 0.0208. The second kappa shape index (κ2) is 1.22. The largest absolute Gasteiger partial charge is 0.229 e. The van der Waals surface area contributed by atoms with Crippen LogP contribution in [0.3, 0.4) is 0 Å². The minimum Gasteiger partial charge on any atom is -0.229 e. The molecule has 0 aromatic carbocycles. The molecule has 0 amide bonds. The maximum atomic E-state index is 10.4. The standard InChI is InChI=1S/C4H8O2S/c1-7(5,6)4-2-3-4/h4H,2-3H2,1H3. The first-order valence-electron chi connectivity index (χ1n) is 2.29. The lowest BCUT2D eigenvalue weighted by Crippen LogP contribution is -2.01. The van der Waals surface area contributed by atoms with Crippen LogP contribution < -0.4 is 0 Å². The molecule has 0 bridgehead atoms. The van der Waals surface area contributed by atoms with E-state index in [9.17, 15) is 8.42 Å². The number of sulfone groups is 1. The summed E-state index contributed by atoms with van der Waals surface area (Å²) in [5.41, 5.74) is 0. The van der Waals surface area contributed by atoms with E-state index < -0.39 is 9.84 Å². The molecule has 0 aromatic heterocycles. The molecule has 0 aromatic rings. The van der Waals surface area contributed by atoms with Crippen LogP contribution in [0.15, 0.2) is 0 Å². The molecular weight excluding hydrogens is 112 g/mol. The van der Waals surface area contributed by atoms with E-state index in [4.69, 9.17) is 0 Å². The molecule has 1 aliphatic carbocycles. The zero-order chi connectivity index (χ0) is 5.49. The van der Waals surface area contributed by atoms with Gasteiger partial charge in [0.25, 0.3) is 0 Å². The summed E-state index contributed by atoms with van der Waals surface area (Å²) in [6, 6.07) is 0. The lowest BCUT2D eigenvalue weighted by atomic mass is 11.0. The van der Waals surface area contributed by atoms with Gasteiger partial charge in [-0.25, -0.2) is 8.42 Å². The van der Waals surface area contributed by atoms with Crippen molar-refractivity contribution in [2.24, 2.45) is 0 Å². The van der Waals surface area contributed by atoms with Crippen LogP contribution in [-0.4, -0.2) is 19.9 Å². The molecule has 0 atom stereocenters. The van der Waals surface area contributed by atoms with Crippen LogP contribution in [0.25, 0.3) is 0 Å². The van der Waals surface area contributed by atoms with Gasteiger partial charge in [-0.2, -0.15) is 0 Å². The van der Waals surface area contributed by atoms with Crippen molar-refractivity contribution in [1.29, 1.82) is 0 Å². The molecule has 0 radical (unpaired) electrons. The van der Waals surface area contributed by atoms with E-state index in [1.54, 1.807) is 0 Å². The van der Waals surface area contributed by atoms with E-state index in [2.05, 4.69) is 0 Å². The predicted octanol–water partition coefficient (Wildman–Crippen LogP) is 0.193. The van der Waals surface area contributed by atoms with E-state index in [-0.39, 0.29) is 5.25 Å². The Balaban J connectivity index is 2.71. The first kappa shape index (κ1) is 5.09. The van der Waals surface area contributed by atoms with Crippen molar-refractivity contribution in [3.63, 3.8) is 0 Å². The highest BCUT2D eigenvalue weighted by Gasteiger charge is 2.31. The zero-order valence-electron chi connectivity index (χ0n) is 4.22. The van der Waals surface area contributed by atoms with Gasteiger partial charge in [0.05, 0.1) is 5.25 Å². The van der Waals surface area contributed by atoms with Gasteiger partial charge in [0.15, 0.2) is 0 Å². The summed E-state index contributed by atoms with van der Waals surface area (Å²) >= 11 is 0. The summed E-state index contributed by atoms with van der Waals surface area (Å²) in [4.78, 5) is 0. The summed E-state index contributed by atoms with van der Waals surface area (Å²) in [5, 5.41) is 0.0208. The van der Waals surface area contributed by atoms with Gasteiger partial charge in [0.1, 0.15) is 9.84 Å². The molecule has 2 nitrogen and oxygen atoms in total. The van der Waals surface area contributed by atoms with E-state index in [0.29, 0.717) is 0 Å². The lowest BCUT2D eigenvalue weighted by molar-refractivity contribution is 0.600. The van der Waals surface area contributed by atoms with Gasteiger partial charge in [-0.15, -0.1) is 0 Å². The molecule has 0 aliphatic heterocycles. The van der Waals surface area contributed by atoms with Crippen molar-refractivity contribution in [2.75, 3.05) is 6.26 Å². The second-order valence-corrected chi connectivity index (χ2v) is 4.35. The number of hydrogen-bond donors (Lipinski definition) is 0. The van der Waals surface area contributed by atoms with E-state index in [0.717, 1.165) is 12.8 Å². The Morgan fingerprint density at radius 1 is 1.43 bits per heavy atom. The Bertz CT molecular complexity index is 153. The van der Waals surface area contributed by atoms with Gasteiger partial charge in [0.2, 0.25) is 0 Å². The van der Waals surface area contributed by atoms with E-state index in [1.807, 2.05) is 0 Å². The molecule has 1 saturated carbocycles. The fourth-order valence-electron chi connectivity index (χ4n) is 0.496. The van der Waals surface area contributed by atoms with Crippen LogP contribution in [0.5, 0.6) is 0 Å². The summed E-state index contributed by atoms with van der Waals surface area (Å²) in [7, 11) is -2.63. The van der Waals surface area contributed by atoms with Crippen molar-refractivity contribution < 1.29 is 8.42 Å². The van der Waals surface area contributed by atoms with Crippen LogP contribution in [0.1, 0.15) is 12.8 Å². The normalized spacial score (nSPS) is 22.4. The predicted molar refractivity (Wildman–Crippen MR) is 27.9 cm³/mol. The van der Waals surface area contributed by atoms with Crippen molar-refractivity contribution in [1.82, 2.24) is 0 Å². The Labute approximate surface area is 43.5 Å². The lowest BCUT2D eigenvalue weighted by Gasteiger charge is -1.84. The molecular formula is C4H8O2S. The molecule has 3 heteroatoms. The Kier molecular flexibility index (Phi) is 0.885. The topological polar surface area (TPSA) is 34.1 Å². The molecule has 1 fully saturated rings. The quantitative estimate of drug-likeness (QED) is 0.495. The van der Waals surface area contributed by atoms with Crippen molar-refractivity contribution in [2.45, 2.75) is 18.1 Å². The zero-order valence-corrected chi connectivity index (χ0v) is 5.03. The fourth-order valence-corrected chi connectivity index (χ4v) is 1.49. The molecule has 7 heavy (non-hydrogen) atoms. The average molecular weight is 120 g/mol. The summed E-state index contributed by atoms with van der Waals surface area (Å²) in [6.45, 7) is 0. The third-order valence-electron chi connectivity index (χ3n) is 1.13. The van der Waals surface area contributed by atoms with Crippen LogP contribution in [0, 0.1) is 0 Å². The first-order chi connectivity index (χ1) is 3.11. The highest BCUT2D eigenvalue weighted by Crippen LogP contribution is 2.26. The molecule has 0 spiro atoms. The monoisotopic (exact) mass is 120 g/mol. The van der Waals surface area contributed by atoms with Gasteiger partial charge in [0, 0.05) is 6.26 Å². The van der Waals surface area contributed by atoms with Gasteiger partial charge in [-0.1, -0.05) is 0 Å². The maximum absolute atomic E-state index is 10.4. The summed E-state index contributed by atoms with van der Waals surface area (Å²) in [5.74, 6) is 0. The minimum atomic E-state index is -2.63. The first-order valence-corrected chi connectivity index (χ1v) is 4.25. The number of rotatable bonds is 1. The molecule has 0 unspecified atom stereocenters. The molecule has 42 valence electrons. The fraction of sp³-hybridized carbons (Fsp3) is 1.00. The molecule has 0 N–H and O–H groups in total. The SMILES string of the molecule is CS(=O)(=O)C1CC1. The second-order valence-electron chi connectivity index (χ2n) is 2.03. The van der Waals surface area contributed by atoms with Gasteiger partial charge >= 0.3 is 0 Å². The maximum Gasteiger partial charge on any atom is 0.150 e.